The van der Waals surface area contributed by atoms with Gasteiger partial charge in [-0.05, 0) is 17.7 Å². The van der Waals surface area contributed by atoms with E-state index in [-0.39, 0.29) is 6.54 Å². The van der Waals surface area contributed by atoms with E-state index in [0.717, 1.165) is 17.8 Å². The standard InChI is InChI=1S/C20H25F2N4O2/c21-20(22)16-24(13-14-26(20,27)28)19(17-7-3-1-4-8-17)15-23-11-12-25(19)18-9-5-2-6-10-18/h1-10,23,27-28H,11-16H2/q+1. The fourth-order valence-electron chi connectivity index (χ4n) is 4.27. The largest absolute Gasteiger partial charge is 0.463 e. The predicted molar refractivity (Wildman–Crippen MR) is 100.0 cm³/mol. The summed E-state index contributed by atoms with van der Waals surface area (Å²) < 4.78 is 29.2. The number of halogens is 2. The van der Waals surface area contributed by atoms with Crippen LogP contribution >= 0.6 is 0 Å². The average molecular weight is 391 g/mol. The molecule has 0 amide bonds. The van der Waals surface area contributed by atoms with E-state index in [1.165, 1.54) is 0 Å². The van der Waals surface area contributed by atoms with E-state index in [4.69, 9.17) is 0 Å². The van der Waals surface area contributed by atoms with Gasteiger partial charge < -0.3 is 10.2 Å². The highest BCUT2D eigenvalue weighted by molar-refractivity contribution is 5.52. The molecule has 1 unspecified atom stereocenters. The highest BCUT2D eigenvalue weighted by Crippen LogP contribution is 2.41. The molecule has 0 bridgehead atoms. The molecule has 2 aromatic rings. The van der Waals surface area contributed by atoms with E-state index in [1.807, 2.05) is 60.7 Å². The minimum Gasteiger partial charge on any atom is -0.347 e. The molecular weight excluding hydrogens is 366 g/mol. The molecule has 2 fully saturated rings. The van der Waals surface area contributed by atoms with Crippen molar-refractivity contribution >= 4 is 5.69 Å². The van der Waals surface area contributed by atoms with Crippen LogP contribution in [0.25, 0.3) is 0 Å². The van der Waals surface area contributed by atoms with Crippen molar-refractivity contribution in [1.82, 2.24) is 10.2 Å². The first-order valence-corrected chi connectivity index (χ1v) is 9.42. The summed E-state index contributed by atoms with van der Waals surface area (Å²) in [4.78, 5) is 1.54. The zero-order valence-corrected chi connectivity index (χ0v) is 15.5. The van der Waals surface area contributed by atoms with Crippen molar-refractivity contribution < 1.29 is 24.0 Å². The van der Waals surface area contributed by atoms with Gasteiger partial charge >= 0.3 is 6.05 Å². The van der Waals surface area contributed by atoms with Gasteiger partial charge in [-0.1, -0.05) is 48.5 Å². The maximum absolute atomic E-state index is 14.6. The molecule has 2 aliphatic rings. The summed E-state index contributed by atoms with van der Waals surface area (Å²) in [5.74, 6) is 0. The van der Waals surface area contributed by atoms with E-state index < -0.39 is 29.6 Å². The molecular formula is C20H25F2N4O2+. The number of anilines is 1. The molecule has 3 N–H and O–H groups in total. The third-order valence-electron chi connectivity index (χ3n) is 5.74. The average Bonchev–Trinajstić information content (AvgIpc) is 2.71. The Balaban J connectivity index is 1.83. The fourth-order valence-corrected chi connectivity index (χ4v) is 4.27. The number of benzene rings is 2. The number of alkyl halides is 2. The van der Waals surface area contributed by atoms with Gasteiger partial charge in [0.2, 0.25) is 0 Å². The zero-order chi connectivity index (χ0) is 19.8. The molecule has 28 heavy (non-hydrogen) atoms. The Morgan fingerprint density at radius 2 is 1.57 bits per heavy atom. The number of rotatable bonds is 3. The third-order valence-corrected chi connectivity index (χ3v) is 5.74. The monoisotopic (exact) mass is 391 g/mol. The van der Waals surface area contributed by atoms with E-state index in [9.17, 15) is 19.2 Å². The smallest absolute Gasteiger partial charge is 0.347 e. The van der Waals surface area contributed by atoms with Crippen molar-refractivity contribution in [2.45, 2.75) is 11.7 Å². The van der Waals surface area contributed by atoms with Crippen LogP contribution in [-0.4, -0.2) is 65.4 Å². The Bertz CT molecular complexity index is 806. The van der Waals surface area contributed by atoms with Gasteiger partial charge in [0.15, 0.2) is 6.54 Å². The zero-order valence-electron chi connectivity index (χ0n) is 15.5. The van der Waals surface area contributed by atoms with Crippen LogP contribution in [0.2, 0.25) is 0 Å². The molecule has 2 aliphatic heterocycles. The number of hydroxylamine groups is 4. The van der Waals surface area contributed by atoms with Gasteiger partial charge in [0.25, 0.3) is 0 Å². The number of nitrogens with one attached hydrogen (secondary N) is 1. The van der Waals surface area contributed by atoms with Crippen LogP contribution in [0.5, 0.6) is 0 Å². The molecule has 150 valence electrons. The van der Waals surface area contributed by atoms with Gasteiger partial charge in [-0.3, -0.25) is 4.90 Å². The molecule has 0 aromatic heterocycles. The summed E-state index contributed by atoms with van der Waals surface area (Å²) in [5, 5.41) is 22.8. The van der Waals surface area contributed by atoms with Crippen LogP contribution in [0.3, 0.4) is 0 Å². The van der Waals surface area contributed by atoms with Gasteiger partial charge in [-0.25, -0.2) is 0 Å². The van der Waals surface area contributed by atoms with Crippen molar-refractivity contribution in [2.75, 3.05) is 44.2 Å². The quantitative estimate of drug-likeness (QED) is 0.554. The molecule has 1 atom stereocenters. The van der Waals surface area contributed by atoms with Crippen LogP contribution in [0.4, 0.5) is 14.5 Å². The van der Waals surface area contributed by atoms with Crippen molar-refractivity contribution in [3.8, 4) is 0 Å². The summed E-state index contributed by atoms with van der Waals surface area (Å²) in [6.07, 6.45) is 0. The van der Waals surface area contributed by atoms with Gasteiger partial charge in [-0.15, -0.1) is 8.78 Å². The lowest BCUT2D eigenvalue weighted by Crippen LogP contribution is -2.75. The molecule has 4 rings (SSSR count). The maximum atomic E-state index is 14.6. The number of hydrogen-bond donors (Lipinski definition) is 3. The Kier molecular flexibility index (Phi) is 4.84. The van der Waals surface area contributed by atoms with Crippen molar-refractivity contribution in [3.63, 3.8) is 0 Å². The summed E-state index contributed by atoms with van der Waals surface area (Å²) in [5.41, 5.74) is 0.957. The molecule has 2 saturated heterocycles. The topological polar surface area (TPSA) is 59.0 Å². The lowest BCUT2D eigenvalue weighted by molar-refractivity contribution is -1.29. The minimum atomic E-state index is -3.69. The molecule has 6 nitrogen and oxygen atoms in total. The van der Waals surface area contributed by atoms with Crippen LogP contribution in [-0.2, 0) is 5.66 Å². The number of piperazine rings is 2. The molecule has 0 spiro atoms. The number of nitrogens with zero attached hydrogens (tertiary/aromatic N) is 3. The van der Waals surface area contributed by atoms with Crippen molar-refractivity contribution in [2.24, 2.45) is 0 Å². The van der Waals surface area contributed by atoms with Gasteiger partial charge in [0.1, 0.15) is 12.2 Å². The summed E-state index contributed by atoms with van der Waals surface area (Å²) in [6, 6.07) is 15.6. The first kappa shape index (κ1) is 19.2. The Morgan fingerprint density at radius 3 is 2.21 bits per heavy atom. The maximum Gasteiger partial charge on any atom is 0.463 e. The Hall–Kier alpha value is -2.10. The predicted octanol–water partition coefficient (Wildman–Crippen LogP) is 2.45. The van der Waals surface area contributed by atoms with Gasteiger partial charge in [0.05, 0.1) is 6.54 Å². The molecule has 8 heteroatoms. The third kappa shape index (κ3) is 3.07. The number of para-hydroxylation sites is 1. The van der Waals surface area contributed by atoms with Crippen LogP contribution in [0.15, 0.2) is 60.7 Å². The fraction of sp³-hybridized carbons (Fsp3) is 0.400. The van der Waals surface area contributed by atoms with Gasteiger partial charge in [0, 0.05) is 30.1 Å². The highest BCUT2D eigenvalue weighted by Gasteiger charge is 2.62. The SMILES string of the molecule is O[N+]1(O)CCN(C2(c3ccccc3)CNCCN2c2ccccc2)CC1(F)F. The second-order valence-electron chi connectivity index (χ2n) is 7.39. The Morgan fingerprint density at radius 1 is 0.929 bits per heavy atom. The lowest BCUT2D eigenvalue weighted by atomic mass is 9.91. The second kappa shape index (κ2) is 7.06. The van der Waals surface area contributed by atoms with Crippen molar-refractivity contribution in [1.29, 1.82) is 0 Å². The van der Waals surface area contributed by atoms with E-state index in [2.05, 4.69) is 10.2 Å². The van der Waals surface area contributed by atoms with E-state index in [0.29, 0.717) is 13.1 Å². The van der Waals surface area contributed by atoms with E-state index in [1.54, 1.807) is 4.90 Å². The van der Waals surface area contributed by atoms with Gasteiger partial charge in [-0.2, -0.15) is 10.4 Å². The number of hydrogen-bond acceptors (Lipinski definition) is 5. The van der Waals surface area contributed by atoms with Crippen LogP contribution in [0.1, 0.15) is 5.56 Å². The van der Waals surface area contributed by atoms with Crippen molar-refractivity contribution in [3.05, 3.63) is 66.2 Å². The normalized spacial score (nSPS) is 27.5. The first-order valence-electron chi connectivity index (χ1n) is 9.42. The highest BCUT2D eigenvalue weighted by atomic mass is 19.3. The number of quaternary nitrogens is 1. The first-order chi connectivity index (χ1) is 13.4. The van der Waals surface area contributed by atoms with E-state index >= 15 is 0 Å². The van der Waals surface area contributed by atoms with Crippen LogP contribution < -0.4 is 10.2 Å². The molecule has 2 aromatic carbocycles. The Labute approximate surface area is 162 Å². The summed E-state index contributed by atoms with van der Waals surface area (Å²) in [6.45, 7) is 0.679. The second-order valence-corrected chi connectivity index (χ2v) is 7.39. The minimum absolute atomic E-state index is 0.114. The summed E-state index contributed by atoms with van der Waals surface area (Å²) >= 11 is 0. The molecule has 0 radical (unpaired) electrons. The summed E-state index contributed by atoms with van der Waals surface area (Å²) in [7, 11) is 0. The molecule has 2 heterocycles. The lowest BCUT2D eigenvalue weighted by Gasteiger charge is -2.56. The van der Waals surface area contributed by atoms with Crippen LogP contribution in [0, 0.1) is 0 Å². The molecule has 0 saturated carbocycles. The molecule has 0 aliphatic carbocycles.